The highest BCUT2D eigenvalue weighted by molar-refractivity contribution is 7.19. The first-order chi connectivity index (χ1) is 16.7. The summed E-state index contributed by atoms with van der Waals surface area (Å²) in [7, 11) is 3.46. The van der Waals surface area contributed by atoms with E-state index in [0.717, 1.165) is 26.2 Å². The summed E-state index contributed by atoms with van der Waals surface area (Å²) >= 11 is 1.49. The highest BCUT2D eigenvalue weighted by atomic mass is 32.1. The number of thiophene rings is 1. The lowest BCUT2D eigenvalue weighted by Crippen LogP contribution is -2.21. The summed E-state index contributed by atoms with van der Waals surface area (Å²) in [5.41, 5.74) is 9.38. The van der Waals surface area contributed by atoms with E-state index in [4.69, 9.17) is 5.73 Å². The highest BCUT2D eigenvalue weighted by Gasteiger charge is 2.19. The number of nitrogens with one attached hydrogen (secondary N) is 2. The second-order valence-corrected chi connectivity index (χ2v) is 9.33. The number of benzene rings is 2. The Morgan fingerprint density at radius 1 is 1.06 bits per heavy atom. The SMILES string of the molecule is Cc1ccc(NC(=O)Nc2ccc(-c3c(CCC(=O)N(C)C)sc4ncnc(N)c34)cc2)cc1F. The maximum atomic E-state index is 13.7. The van der Waals surface area contributed by atoms with E-state index in [9.17, 15) is 14.0 Å². The molecule has 2 aromatic carbocycles. The molecule has 2 heterocycles. The van der Waals surface area contributed by atoms with E-state index in [1.54, 1.807) is 50.2 Å². The lowest BCUT2D eigenvalue weighted by atomic mass is 10.0. The number of urea groups is 1. The van der Waals surface area contributed by atoms with Crippen LogP contribution < -0.4 is 16.4 Å². The van der Waals surface area contributed by atoms with Crippen LogP contribution in [0.4, 0.5) is 26.4 Å². The zero-order valence-corrected chi connectivity index (χ0v) is 20.4. The molecular formula is C25H25FN6O2S. The van der Waals surface area contributed by atoms with Gasteiger partial charge in [-0.15, -0.1) is 11.3 Å². The van der Waals surface area contributed by atoms with Crippen molar-refractivity contribution in [2.75, 3.05) is 30.5 Å². The van der Waals surface area contributed by atoms with Gasteiger partial charge in [0.25, 0.3) is 0 Å². The van der Waals surface area contributed by atoms with Crippen LogP contribution in [0.1, 0.15) is 16.9 Å². The number of hydrogen-bond donors (Lipinski definition) is 3. The fourth-order valence-corrected chi connectivity index (χ4v) is 4.78. The summed E-state index contributed by atoms with van der Waals surface area (Å²) in [6, 6.07) is 11.3. The molecule has 10 heteroatoms. The number of rotatable bonds is 6. The van der Waals surface area contributed by atoms with E-state index in [-0.39, 0.29) is 11.7 Å². The molecule has 4 N–H and O–H groups in total. The standard InChI is InChI=1S/C25H25FN6O2S/c1-14-4-7-17(12-18(14)26)31-25(34)30-16-8-5-15(6-9-16)21-19(10-11-20(33)32(2)3)35-24-22(21)23(27)28-13-29-24/h4-9,12-13H,10-11H2,1-3H3,(H2,27,28,29)(H2,30,31,34). The van der Waals surface area contributed by atoms with Crippen molar-refractivity contribution in [3.63, 3.8) is 0 Å². The number of nitrogens with zero attached hydrogens (tertiary/aromatic N) is 3. The van der Waals surface area contributed by atoms with Crippen molar-refractivity contribution in [1.82, 2.24) is 14.9 Å². The van der Waals surface area contributed by atoms with E-state index in [2.05, 4.69) is 20.6 Å². The maximum Gasteiger partial charge on any atom is 0.323 e. The Morgan fingerprint density at radius 2 is 1.74 bits per heavy atom. The molecule has 3 amide bonds. The largest absolute Gasteiger partial charge is 0.383 e. The van der Waals surface area contributed by atoms with Crippen LogP contribution in [0.25, 0.3) is 21.3 Å². The minimum atomic E-state index is -0.484. The number of nitrogens with two attached hydrogens (primary N) is 1. The number of fused-ring (bicyclic) bond motifs is 1. The summed E-state index contributed by atoms with van der Waals surface area (Å²) in [6.07, 6.45) is 2.33. The number of nitrogen functional groups attached to an aromatic ring is 1. The first-order valence-electron chi connectivity index (χ1n) is 10.9. The van der Waals surface area contributed by atoms with Gasteiger partial charge < -0.3 is 21.3 Å². The monoisotopic (exact) mass is 492 g/mol. The van der Waals surface area contributed by atoms with E-state index >= 15 is 0 Å². The number of halogens is 1. The zero-order valence-electron chi connectivity index (χ0n) is 19.6. The molecule has 0 aliphatic rings. The Balaban J connectivity index is 1.57. The van der Waals surface area contributed by atoms with Crippen molar-refractivity contribution in [3.05, 3.63) is 65.0 Å². The third-order valence-electron chi connectivity index (χ3n) is 5.52. The molecule has 4 rings (SSSR count). The molecule has 2 aromatic heterocycles. The Bertz CT molecular complexity index is 1400. The van der Waals surface area contributed by atoms with Gasteiger partial charge >= 0.3 is 6.03 Å². The van der Waals surface area contributed by atoms with E-state index in [1.807, 2.05) is 12.1 Å². The molecule has 0 aliphatic carbocycles. The minimum Gasteiger partial charge on any atom is -0.383 e. The van der Waals surface area contributed by atoms with E-state index in [1.165, 1.54) is 23.7 Å². The number of hydrogen-bond acceptors (Lipinski definition) is 6. The van der Waals surface area contributed by atoms with E-state index < -0.39 is 6.03 Å². The van der Waals surface area contributed by atoms with Crippen LogP contribution in [-0.4, -0.2) is 40.9 Å². The van der Waals surface area contributed by atoms with Gasteiger partial charge in [-0.25, -0.2) is 19.2 Å². The number of carbonyl (C=O) groups excluding carboxylic acids is 2. The van der Waals surface area contributed by atoms with Crippen LogP contribution >= 0.6 is 11.3 Å². The van der Waals surface area contributed by atoms with Gasteiger partial charge in [0.05, 0.1) is 5.39 Å². The van der Waals surface area contributed by atoms with Crippen LogP contribution in [0, 0.1) is 12.7 Å². The molecule has 8 nitrogen and oxygen atoms in total. The summed E-state index contributed by atoms with van der Waals surface area (Å²) in [5.74, 6) is 0.0197. The lowest BCUT2D eigenvalue weighted by molar-refractivity contribution is -0.128. The molecule has 0 aliphatic heterocycles. The zero-order chi connectivity index (χ0) is 25.1. The number of aryl methyl sites for hydroxylation is 2. The number of amides is 3. The van der Waals surface area contributed by atoms with Crippen molar-refractivity contribution >= 4 is 50.7 Å². The number of anilines is 3. The van der Waals surface area contributed by atoms with Gasteiger partial charge in [0.15, 0.2) is 0 Å². The van der Waals surface area contributed by atoms with E-state index in [0.29, 0.717) is 35.6 Å². The van der Waals surface area contributed by atoms with Crippen LogP contribution in [-0.2, 0) is 11.2 Å². The molecule has 35 heavy (non-hydrogen) atoms. The smallest absolute Gasteiger partial charge is 0.323 e. The number of aromatic nitrogens is 2. The Kier molecular flexibility index (Phi) is 6.92. The third kappa shape index (κ3) is 5.38. The van der Waals surface area contributed by atoms with Gasteiger partial charge in [-0.3, -0.25) is 4.79 Å². The molecule has 4 aromatic rings. The van der Waals surface area contributed by atoms with Crippen LogP contribution in [0.2, 0.25) is 0 Å². The molecule has 0 atom stereocenters. The van der Waals surface area contributed by atoms with Gasteiger partial charge in [-0.1, -0.05) is 18.2 Å². The fraction of sp³-hybridized carbons (Fsp3) is 0.200. The molecule has 0 saturated carbocycles. The maximum absolute atomic E-state index is 13.7. The molecule has 0 radical (unpaired) electrons. The molecule has 0 unspecified atom stereocenters. The second-order valence-electron chi connectivity index (χ2n) is 8.25. The minimum absolute atomic E-state index is 0.0338. The molecule has 0 spiro atoms. The highest BCUT2D eigenvalue weighted by Crippen LogP contribution is 2.41. The molecule has 180 valence electrons. The molecule has 0 saturated heterocycles. The summed E-state index contributed by atoms with van der Waals surface area (Å²) in [6.45, 7) is 1.66. The third-order valence-corrected chi connectivity index (χ3v) is 6.67. The Morgan fingerprint density at radius 3 is 2.43 bits per heavy atom. The summed E-state index contributed by atoms with van der Waals surface area (Å²) in [5, 5.41) is 6.12. The van der Waals surface area contributed by atoms with Crippen molar-refractivity contribution < 1.29 is 14.0 Å². The van der Waals surface area contributed by atoms with Crippen molar-refractivity contribution in [2.45, 2.75) is 19.8 Å². The van der Waals surface area contributed by atoms with Crippen LogP contribution in [0.3, 0.4) is 0 Å². The van der Waals surface area contributed by atoms with Crippen molar-refractivity contribution in [1.29, 1.82) is 0 Å². The van der Waals surface area contributed by atoms with Gasteiger partial charge in [-0.05, 0) is 48.7 Å². The molecular weight excluding hydrogens is 467 g/mol. The Hall–Kier alpha value is -4.05. The van der Waals surface area contributed by atoms with Crippen LogP contribution in [0.15, 0.2) is 48.8 Å². The predicted octanol–water partition coefficient (Wildman–Crippen LogP) is 5.05. The quantitative estimate of drug-likeness (QED) is 0.348. The molecule has 0 fully saturated rings. The lowest BCUT2D eigenvalue weighted by Gasteiger charge is -2.11. The number of carbonyl (C=O) groups is 2. The second kappa shape index (κ2) is 10.1. The summed E-state index contributed by atoms with van der Waals surface area (Å²) in [4.78, 5) is 36.3. The normalized spacial score (nSPS) is 10.9. The first kappa shape index (κ1) is 24.1. The summed E-state index contributed by atoms with van der Waals surface area (Å²) < 4.78 is 13.7. The predicted molar refractivity (Wildman–Crippen MR) is 138 cm³/mol. The fourth-order valence-electron chi connectivity index (χ4n) is 3.61. The van der Waals surface area contributed by atoms with Crippen LogP contribution in [0.5, 0.6) is 0 Å². The van der Waals surface area contributed by atoms with Gasteiger partial charge in [0, 0.05) is 42.3 Å². The van der Waals surface area contributed by atoms with Gasteiger partial charge in [0.1, 0.15) is 22.8 Å². The van der Waals surface area contributed by atoms with Gasteiger partial charge in [0.2, 0.25) is 5.91 Å². The Labute approximate surface area is 206 Å². The first-order valence-corrected chi connectivity index (χ1v) is 11.7. The van der Waals surface area contributed by atoms with Crippen molar-refractivity contribution in [3.8, 4) is 11.1 Å². The molecule has 0 bridgehead atoms. The van der Waals surface area contributed by atoms with Gasteiger partial charge in [-0.2, -0.15) is 0 Å². The average Bonchev–Trinajstić information content (AvgIpc) is 3.20. The average molecular weight is 493 g/mol. The topological polar surface area (TPSA) is 113 Å². The van der Waals surface area contributed by atoms with Crippen molar-refractivity contribution in [2.24, 2.45) is 0 Å².